The second kappa shape index (κ2) is 6.25. The highest BCUT2D eigenvalue weighted by atomic mass is 16.5. The molecule has 3 heteroatoms. The summed E-state index contributed by atoms with van der Waals surface area (Å²) < 4.78 is 5.59. The van der Waals surface area contributed by atoms with Gasteiger partial charge in [0.1, 0.15) is 0 Å². The molecule has 2 heterocycles. The second-order valence-corrected chi connectivity index (χ2v) is 6.30. The van der Waals surface area contributed by atoms with Gasteiger partial charge in [-0.1, -0.05) is 30.3 Å². The SMILES string of the molecule is CC1CN(C(C)C2CCOC2)C(c2ccccc2)CN1. The highest BCUT2D eigenvalue weighted by molar-refractivity contribution is 5.20. The fourth-order valence-corrected chi connectivity index (χ4v) is 3.58. The smallest absolute Gasteiger partial charge is 0.0509 e. The molecule has 0 spiro atoms. The van der Waals surface area contributed by atoms with Gasteiger partial charge in [0.2, 0.25) is 0 Å². The lowest BCUT2D eigenvalue weighted by Crippen LogP contribution is -2.55. The number of piperazine rings is 1. The summed E-state index contributed by atoms with van der Waals surface area (Å²) in [6.45, 7) is 8.70. The summed E-state index contributed by atoms with van der Waals surface area (Å²) in [5.74, 6) is 0.687. The zero-order chi connectivity index (χ0) is 13.9. The van der Waals surface area contributed by atoms with Crippen molar-refractivity contribution in [1.29, 1.82) is 0 Å². The molecule has 110 valence electrons. The largest absolute Gasteiger partial charge is 0.381 e. The van der Waals surface area contributed by atoms with Crippen LogP contribution in [0.5, 0.6) is 0 Å². The lowest BCUT2D eigenvalue weighted by molar-refractivity contribution is 0.0568. The van der Waals surface area contributed by atoms with Gasteiger partial charge >= 0.3 is 0 Å². The van der Waals surface area contributed by atoms with Crippen LogP contribution in [-0.4, -0.2) is 43.3 Å². The lowest BCUT2D eigenvalue weighted by atomic mass is 9.93. The summed E-state index contributed by atoms with van der Waals surface area (Å²) in [6, 6.07) is 12.6. The van der Waals surface area contributed by atoms with Crippen molar-refractivity contribution in [2.45, 2.75) is 38.4 Å². The molecule has 2 fully saturated rings. The summed E-state index contributed by atoms with van der Waals surface area (Å²) in [7, 11) is 0. The molecule has 4 atom stereocenters. The Balaban J connectivity index is 1.79. The Kier molecular flexibility index (Phi) is 4.39. The van der Waals surface area contributed by atoms with Gasteiger partial charge in [-0.15, -0.1) is 0 Å². The fourth-order valence-electron chi connectivity index (χ4n) is 3.58. The number of nitrogens with one attached hydrogen (secondary N) is 1. The predicted octanol–water partition coefficient (Wildman–Crippen LogP) is 2.45. The quantitative estimate of drug-likeness (QED) is 0.916. The van der Waals surface area contributed by atoms with E-state index in [0.717, 1.165) is 26.3 Å². The van der Waals surface area contributed by atoms with Crippen LogP contribution in [0.2, 0.25) is 0 Å². The first kappa shape index (κ1) is 14.1. The molecule has 0 bridgehead atoms. The molecule has 2 saturated heterocycles. The molecule has 0 radical (unpaired) electrons. The summed E-state index contributed by atoms with van der Waals surface area (Å²) in [5.41, 5.74) is 1.43. The van der Waals surface area contributed by atoms with Crippen molar-refractivity contribution < 1.29 is 4.74 Å². The van der Waals surface area contributed by atoms with Gasteiger partial charge in [0.15, 0.2) is 0 Å². The minimum absolute atomic E-state index is 0.489. The van der Waals surface area contributed by atoms with Gasteiger partial charge in [-0.2, -0.15) is 0 Å². The normalized spacial score (nSPS) is 33.2. The molecule has 0 saturated carbocycles. The number of hydrogen-bond acceptors (Lipinski definition) is 3. The molecule has 0 amide bonds. The van der Waals surface area contributed by atoms with Crippen molar-refractivity contribution in [3.8, 4) is 0 Å². The summed E-state index contributed by atoms with van der Waals surface area (Å²) in [6.07, 6.45) is 1.21. The third-order valence-electron chi connectivity index (χ3n) is 4.90. The van der Waals surface area contributed by atoms with Gasteiger partial charge in [0.05, 0.1) is 6.61 Å². The first-order valence-corrected chi connectivity index (χ1v) is 7.87. The van der Waals surface area contributed by atoms with Gasteiger partial charge in [0, 0.05) is 37.8 Å². The van der Waals surface area contributed by atoms with E-state index in [4.69, 9.17) is 4.74 Å². The predicted molar refractivity (Wildman–Crippen MR) is 81.7 cm³/mol. The maximum Gasteiger partial charge on any atom is 0.0509 e. The summed E-state index contributed by atoms with van der Waals surface area (Å²) in [5, 5.41) is 3.63. The lowest BCUT2D eigenvalue weighted by Gasteiger charge is -2.44. The van der Waals surface area contributed by atoms with Gasteiger partial charge < -0.3 is 10.1 Å². The Bertz CT molecular complexity index is 416. The van der Waals surface area contributed by atoms with Crippen LogP contribution in [0.4, 0.5) is 0 Å². The van der Waals surface area contributed by atoms with Gasteiger partial charge in [-0.25, -0.2) is 0 Å². The number of rotatable bonds is 3. The van der Waals surface area contributed by atoms with E-state index in [2.05, 4.69) is 54.4 Å². The molecule has 3 nitrogen and oxygen atoms in total. The summed E-state index contributed by atoms with van der Waals surface area (Å²) in [4.78, 5) is 2.69. The van der Waals surface area contributed by atoms with E-state index in [1.165, 1.54) is 12.0 Å². The molecular weight excluding hydrogens is 248 g/mol. The molecule has 0 aliphatic carbocycles. The topological polar surface area (TPSA) is 24.5 Å². The average molecular weight is 274 g/mol. The molecule has 3 rings (SSSR count). The number of ether oxygens (including phenoxy) is 1. The molecule has 2 aliphatic rings. The third kappa shape index (κ3) is 2.90. The average Bonchev–Trinajstić information content (AvgIpc) is 3.01. The Morgan fingerprint density at radius 1 is 1.30 bits per heavy atom. The zero-order valence-electron chi connectivity index (χ0n) is 12.6. The first-order chi connectivity index (χ1) is 9.75. The number of benzene rings is 1. The monoisotopic (exact) mass is 274 g/mol. The molecule has 1 aromatic rings. The number of hydrogen-bond donors (Lipinski definition) is 1. The van der Waals surface area contributed by atoms with Crippen LogP contribution in [-0.2, 0) is 4.74 Å². The van der Waals surface area contributed by atoms with Crippen LogP contribution in [0, 0.1) is 5.92 Å². The summed E-state index contributed by atoms with van der Waals surface area (Å²) >= 11 is 0. The van der Waals surface area contributed by atoms with Crippen molar-refractivity contribution in [2.24, 2.45) is 5.92 Å². The van der Waals surface area contributed by atoms with E-state index in [-0.39, 0.29) is 0 Å². The Morgan fingerprint density at radius 3 is 2.80 bits per heavy atom. The van der Waals surface area contributed by atoms with Crippen molar-refractivity contribution in [2.75, 3.05) is 26.3 Å². The van der Waals surface area contributed by atoms with Gasteiger partial charge in [0.25, 0.3) is 0 Å². The van der Waals surface area contributed by atoms with E-state index in [9.17, 15) is 0 Å². The van der Waals surface area contributed by atoms with Crippen LogP contribution >= 0.6 is 0 Å². The van der Waals surface area contributed by atoms with Crippen molar-refractivity contribution in [3.05, 3.63) is 35.9 Å². The van der Waals surface area contributed by atoms with Gasteiger partial charge in [-0.05, 0) is 31.7 Å². The minimum Gasteiger partial charge on any atom is -0.381 e. The van der Waals surface area contributed by atoms with Crippen molar-refractivity contribution in [1.82, 2.24) is 10.2 Å². The Labute approximate surface area is 122 Å². The highest BCUT2D eigenvalue weighted by Gasteiger charge is 2.35. The fraction of sp³-hybridized carbons (Fsp3) is 0.647. The van der Waals surface area contributed by atoms with Crippen molar-refractivity contribution >= 4 is 0 Å². The van der Waals surface area contributed by atoms with E-state index >= 15 is 0 Å². The zero-order valence-corrected chi connectivity index (χ0v) is 12.6. The first-order valence-electron chi connectivity index (χ1n) is 7.87. The Hall–Kier alpha value is -0.900. The van der Waals surface area contributed by atoms with E-state index < -0.39 is 0 Å². The molecule has 2 aliphatic heterocycles. The molecular formula is C17H26N2O. The van der Waals surface area contributed by atoms with E-state index in [1.807, 2.05) is 0 Å². The maximum absolute atomic E-state index is 5.59. The molecule has 4 unspecified atom stereocenters. The van der Waals surface area contributed by atoms with Crippen LogP contribution in [0.3, 0.4) is 0 Å². The molecule has 1 aromatic carbocycles. The maximum atomic E-state index is 5.59. The van der Waals surface area contributed by atoms with Gasteiger partial charge in [-0.3, -0.25) is 4.90 Å². The highest BCUT2D eigenvalue weighted by Crippen LogP contribution is 2.30. The Morgan fingerprint density at radius 2 is 2.10 bits per heavy atom. The number of nitrogens with zero attached hydrogens (tertiary/aromatic N) is 1. The van der Waals surface area contributed by atoms with Crippen LogP contribution < -0.4 is 5.32 Å². The third-order valence-corrected chi connectivity index (χ3v) is 4.90. The van der Waals surface area contributed by atoms with Crippen LogP contribution in [0.25, 0.3) is 0 Å². The molecule has 1 N–H and O–H groups in total. The molecule has 20 heavy (non-hydrogen) atoms. The van der Waals surface area contributed by atoms with E-state index in [0.29, 0.717) is 24.0 Å². The second-order valence-electron chi connectivity index (χ2n) is 6.30. The minimum atomic E-state index is 0.489. The standard InChI is InChI=1S/C17H26N2O/c1-13-11-19(14(2)16-8-9-20-12-16)17(10-18-13)15-6-4-3-5-7-15/h3-7,13-14,16-18H,8-12H2,1-2H3. The van der Waals surface area contributed by atoms with E-state index in [1.54, 1.807) is 0 Å². The van der Waals surface area contributed by atoms with Crippen LogP contribution in [0.15, 0.2) is 30.3 Å². The molecule has 0 aromatic heterocycles. The van der Waals surface area contributed by atoms with Crippen LogP contribution in [0.1, 0.15) is 31.9 Å². The van der Waals surface area contributed by atoms with Crippen molar-refractivity contribution in [3.63, 3.8) is 0 Å².